The Hall–Kier alpha value is -1.88. The van der Waals surface area contributed by atoms with Gasteiger partial charge in [0.15, 0.2) is 0 Å². The van der Waals surface area contributed by atoms with E-state index in [2.05, 4.69) is 34.4 Å². The monoisotopic (exact) mass is 336 g/mol. The maximum Gasteiger partial charge on any atom is 0.251 e. The number of carbonyl (C=O) groups is 2. The molecule has 106 valence electrons. The van der Waals surface area contributed by atoms with E-state index < -0.39 is 0 Å². The molecule has 0 radical (unpaired) electrons. The number of benzene rings is 1. The Morgan fingerprint density at radius 3 is 2.45 bits per heavy atom. The van der Waals surface area contributed by atoms with E-state index in [0.717, 1.165) is 4.47 Å². The lowest BCUT2D eigenvalue weighted by atomic mass is 10.2. The molecule has 1 rings (SSSR count). The first kappa shape index (κ1) is 16.2. The third-order valence-electron chi connectivity index (χ3n) is 2.54. The molecule has 1 aromatic carbocycles. The van der Waals surface area contributed by atoms with Crippen LogP contribution in [0.4, 0.5) is 0 Å². The third-order valence-corrected chi connectivity index (χ3v) is 3.03. The Balaban J connectivity index is 2.57. The molecule has 0 aliphatic rings. The molecule has 2 amide bonds. The number of hydrogen-bond acceptors (Lipinski definition) is 2. The molecule has 1 aromatic rings. The van der Waals surface area contributed by atoms with Crippen molar-refractivity contribution in [2.24, 2.45) is 0 Å². The first-order chi connectivity index (χ1) is 9.58. The average molecular weight is 337 g/mol. The number of carbonyl (C=O) groups excluding carboxylic acids is 2. The maximum atomic E-state index is 11.9. The zero-order chi connectivity index (χ0) is 15.0. The van der Waals surface area contributed by atoms with Gasteiger partial charge >= 0.3 is 0 Å². The van der Waals surface area contributed by atoms with E-state index in [9.17, 15) is 9.59 Å². The van der Waals surface area contributed by atoms with Crippen molar-refractivity contribution in [1.29, 1.82) is 0 Å². The predicted molar refractivity (Wildman–Crippen MR) is 83.4 cm³/mol. The van der Waals surface area contributed by atoms with E-state index in [-0.39, 0.29) is 18.4 Å². The minimum absolute atomic E-state index is 0.0486. The van der Waals surface area contributed by atoms with Gasteiger partial charge in [0.05, 0.1) is 6.54 Å². The van der Waals surface area contributed by atoms with Crippen molar-refractivity contribution < 1.29 is 9.59 Å². The molecule has 0 fully saturated rings. The molecule has 20 heavy (non-hydrogen) atoms. The number of nitrogens with one attached hydrogen (secondary N) is 1. The average Bonchev–Trinajstić information content (AvgIpc) is 2.44. The number of rotatable bonds is 7. The minimum atomic E-state index is -0.281. The summed E-state index contributed by atoms with van der Waals surface area (Å²) >= 11 is 3.30. The standard InChI is InChI=1S/C15H17BrN2O2/c1-3-8-18(9-4-2)14(19)11-17-15(20)12-6-5-7-13(16)10-12/h3-7,10H,1-2,8-9,11H2,(H,17,20). The van der Waals surface area contributed by atoms with Crippen LogP contribution in [0.3, 0.4) is 0 Å². The summed E-state index contributed by atoms with van der Waals surface area (Å²) in [5, 5.41) is 2.60. The SMILES string of the molecule is C=CCN(CC=C)C(=O)CNC(=O)c1cccc(Br)c1. The highest BCUT2D eigenvalue weighted by atomic mass is 79.9. The second kappa shape index (κ2) is 8.32. The highest BCUT2D eigenvalue weighted by molar-refractivity contribution is 9.10. The second-order valence-corrected chi connectivity index (χ2v) is 4.98. The molecule has 0 spiro atoms. The summed E-state index contributed by atoms with van der Waals surface area (Å²) in [4.78, 5) is 25.4. The van der Waals surface area contributed by atoms with Crippen LogP contribution in [0.2, 0.25) is 0 Å². The molecule has 0 bridgehead atoms. The van der Waals surface area contributed by atoms with Crippen molar-refractivity contribution in [1.82, 2.24) is 10.2 Å². The number of amides is 2. The van der Waals surface area contributed by atoms with Crippen LogP contribution in [-0.4, -0.2) is 36.3 Å². The van der Waals surface area contributed by atoms with Gasteiger partial charge < -0.3 is 10.2 Å². The summed E-state index contributed by atoms with van der Waals surface area (Å²) in [6, 6.07) is 6.99. The first-order valence-electron chi connectivity index (χ1n) is 6.11. The quantitative estimate of drug-likeness (QED) is 0.777. The van der Waals surface area contributed by atoms with Crippen LogP contribution < -0.4 is 5.32 Å². The van der Waals surface area contributed by atoms with Crippen LogP contribution in [0.5, 0.6) is 0 Å². The molecule has 0 saturated heterocycles. The largest absolute Gasteiger partial charge is 0.343 e. The van der Waals surface area contributed by atoms with Crippen molar-refractivity contribution in [2.75, 3.05) is 19.6 Å². The van der Waals surface area contributed by atoms with E-state index in [1.807, 2.05) is 6.07 Å². The molecule has 0 saturated carbocycles. The van der Waals surface area contributed by atoms with E-state index in [1.165, 1.54) is 0 Å². The van der Waals surface area contributed by atoms with Gasteiger partial charge in [-0.2, -0.15) is 0 Å². The van der Waals surface area contributed by atoms with Gasteiger partial charge in [0, 0.05) is 23.1 Å². The lowest BCUT2D eigenvalue weighted by Gasteiger charge is -2.19. The van der Waals surface area contributed by atoms with Gasteiger partial charge in [0.1, 0.15) is 0 Å². The minimum Gasteiger partial charge on any atom is -0.343 e. The molecule has 0 aliphatic carbocycles. The zero-order valence-corrected chi connectivity index (χ0v) is 12.7. The first-order valence-corrected chi connectivity index (χ1v) is 6.91. The summed E-state index contributed by atoms with van der Waals surface area (Å²) in [5.74, 6) is -0.454. The van der Waals surface area contributed by atoms with E-state index in [0.29, 0.717) is 18.7 Å². The number of hydrogen-bond donors (Lipinski definition) is 1. The van der Waals surface area contributed by atoms with Gasteiger partial charge in [-0.05, 0) is 18.2 Å². The lowest BCUT2D eigenvalue weighted by molar-refractivity contribution is -0.129. The fourth-order valence-electron chi connectivity index (χ4n) is 1.59. The Bertz CT molecular complexity index is 504. The molecule has 0 aliphatic heterocycles. The summed E-state index contributed by atoms with van der Waals surface area (Å²) in [7, 11) is 0. The third kappa shape index (κ3) is 5.01. The van der Waals surface area contributed by atoms with Gasteiger partial charge in [-0.3, -0.25) is 9.59 Å². The Kier molecular flexibility index (Phi) is 6.73. The van der Waals surface area contributed by atoms with E-state index in [4.69, 9.17) is 0 Å². The molecular formula is C15H17BrN2O2. The van der Waals surface area contributed by atoms with Gasteiger partial charge in [-0.1, -0.05) is 34.1 Å². The highest BCUT2D eigenvalue weighted by Crippen LogP contribution is 2.11. The van der Waals surface area contributed by atoms with Crippen molar-refractivity contribution >= 4 is 27.7 Å². The van der Waals surface area contributed by atoms with Crippen LogP contribution in [0.1, 0.15) is 10.4 Å². The molecule has 1 N–H and O–H groups in total. The molecule has 0 aromatic heterocycles. The normalized spacial score (nSPS) is 9.65. The molecule has 4 nitrogen and oxygen atoms in total. The summed E-state index contributed by atoms with van der Waals surface area (Å²) < 4.78 is 0.816. The van der Waals surface area contributed by atoms with Crippen LogP contribution in [-0.2, 0) is 4.79 Å². The number of halogens is 1. The van der Waals surface area contributed by atoms with Crippen LogP contribution in [0.15, 0.2) is 54.0 Å². The van der Waals surface area contributed by atoms with Gasteiger partial charge in [0.25, 0.3) is 5.91 Å². The predicted octanol–water partition coefficient (Wildman–Crippen LogP) is 2.38. The molecule has 0 atom stereocenters. The molecule has 5 heteroatoms. The van der Waals surface area contributed by atoms with Gasteiger partial charge in [0.2, 0.25) is 5.91 Å². The molecule has 0 unspecified atom stereocenters. The van der Waals surface area contributed by atoms with Crippen molar-refractivity contribution in [3.05, 3.63) is 59.6 Å². The fourth-order valence-corrected chi connectivity index (χ4v) is 1.99. The van der Waals surface area contributed by atoms with Gasteiger partial charge in [-0.15, -0.1) is 13.2 Å². The van der Waals surface area contributed by atoms with Crippen molar-refractivity contribution in [3.8, 4) is 0 Å². The Morgan fingerprint density at radius 1 is 1.25 bits per heavy atom. The van der Waals surface area contributed by atoms with E-state index in [1.54, 1.807) is 35.3 Å². The van der Waals surface area contributed by atoms with Crippen molar-refractivity contribution in [3.63, 3.8) is 0 Å². The Morgan fingerprint density at radius 2 is 1.90 bits per heavy atom. The second-order valence-electron chi connectivity index (χ2n) is 4.07. The molecule has 0 heterocycles. The summed E-state index contributed by atoms with van der Waals surface area (Å²) in [5.41, 5.74) is 0.506. The summed E-state index contributed by atoms with van der Waals surface area (Å²) in [6.45, 7) is 8.00. The van der Waals surface area contributed by atoms with Gasteiger partial charge in [-0.25, -0.2) is 0 Å². The van der Waals surface area contributed by atoms with Crippen LogP contribution >= 0.6 is 15.9 Å². The topological polar surface area (TPSA) is 49.4 Å². The maximum absolute atomic E-state index is 11.9. The van der Waals surface area contributed by atoms with Crippen molar-refractivity contribution in [2.45, 2.75) is 0 Å². The Labute approximate surface area is 127 Å². The van der Waals surface area contributed by atoms with Crippen LogP contribution in [0, 0.1) is 0 Å². The van der Waals surface area contributed by atoms with Crippen LogP contribution in [0.25, 0.3) is 0 Å². The molecular weight excluding hydrogens is 320 g/mol. The lowest BCUT2D eigenvalue weighted by Crippen LogP contribution is -2.40. The zero-order valence-electron chi connectivity index (χ0n) is 11.1. The summed E-state index contributed by atoms with van der Waals surface area (Å²) in [6.07, 6.45) is 3.27. The highest BCUT2D eigenvalue weighted by Gasteiger charge is 2.12. The fraction of sp³-hybridized carbons (Fsp3) is 0.200. The number of nitrogens with zero attached hydrogens (tertiary/aromatic N) is 1. The van der Waals surface area contributed by atoms with E-state index >= 15 is 0 Å². The smallest absolute Gasteiger partial charge is 0.251 e.